The molecule has 1 atom stereocenters. The van der Waals surface area contributed by atoms with Crippen LogP contribution in [0.1, 0.15) is 11.5 Å². The van der Waals surface area contributed by atoms with E-state index in [0.717, 1.165) is 5.56 Å². The van der Waals surface area contributed by atoms with Crippen molar-refractivity contribution < 1.29 is 0 Å². The molecule has 10 heavy (non-hydrogen) atoms. The Morgan fingerprint density at radius 1 is 1.30 bits per heavy atom. The summed E-state index contributed by atoms with van der Waals surface area (Å²) in [5.41, 5.74) is 1.16. The maximum atomic E-state index is 5.32. The summed E-state index contributed by atoms with van der Waals surface area (Å²) in [5, 5.41) is 0. The summed E-state index contributed by atoms with van der Waals surface area (Å²) in [4.78, 5) is 0. The molecule has 0 aromatic heterocycles. The molecule has 0 fully saturated rings. The molecule has 1 aromatic rings. The predicted molar refractivity (Wildman–Crippen MR) is 43.4 cm³/mol. The SMILES string of the molecule is [CH]=CC([CH2])c1ccccc1. The average molecular weight is 130 g/mol. The van der Waals surface area contributed by atoms with Gasteiger partial charge in [-0.05, 0) is 12.5 Å². The fourth-order valence-corrected chi connectivity index (χ4v) is 0.811. The van der Waals surface area contributed by atoms with Crippen molar-refractivity contribution >= 4 is 0 Å². The van der Waals surface area contributed by atoms with E-state index in [1.807, 2.05) is 30.3 Å². The number of rotatable bonds is 2. The van der Waals surface area contributed by atoms with E-state index in [1.165, 1.54) is 0 Å². The number of benzene rings is 1. The summed E-state index contributed by atoms with van der Waals surface area (Å²) in [5.74, 6) is 0.112. The second-order valence-electron chi connectivity index (χ2n) is 2.21. The topological polar surface area (TPSA) is 0 Å². The fraction of sp³-hybridized carbons (Fsp3) is 0.100. The van der Waals surface area contributed by atoms with Gasteiger partial charge in [-0.3, -0.25) is 0 Å². The van der Waals surface area contributed by atoms with Gasteiger partial charge in [0.15, 0.2) is 0 Å². The van der Waals surface area contributed by atoms with Crippen LogP contribution in [0.2, 0.25) is 0 Å². The van der Waals surface area contributed by atoms with E-state index in [1.54, 1.807) is 6.08 Å². The summed E-state index contributed by atoms with van der Waals surface area (Å²) in [6.07, 6.45) is 1.59. The lowest BCUT2D eigenvalue weighted by Crippen LogP contribution is -1.86. The highest BCUT2D eigenvalue weighted by Crippen LogP contribution is 2.13. The third kappa shape index (κ3) is 1.47. The highest BCUT2D eigenvalue weighted by Gasteiger charge is 1.96. The van der Waals surface area contributed by atoms with Crippen LogP contribution >= 0.6 is 0 Å². The maximum Gasteiger partial charge on any atom is 0.00214 e. The van der Waals surface area contributed by atoms with Crippen LogP contribution in [0.4, 0.5) is 0 Å². The van der Waals surface area contributed by atoms with Crippen molar-refractivity contribution in [1.29, 1.82) is 0 Å². The number of allylic oxidation sites excluding steroid dienone is 1. The second-order valence-corrected chi connectivity index (χ2v) is 2.21. The first kappa shape index (κ1) is 7.07. The summed E-state index contributed by atoms with van der Waals surface area (Å²) in [7, 11) is 0. The summed E-state index contributed by atoms with van der Waals surface area (Å²) >= 11 is 0. The highest BCUT2D eigenvalue weighted by atomic mass is 14.0. The molecule has 0 saturated carbocycles. The molecule has 1 unspecified atom stereocenters. The van der Waals surface area contributed by atoms with Crippen LogP contribution in [0, 0.1) is 13.5 Å². The molecule has 50 valence electrons. The van der Waals surface area contributed by atoms with E-state index in [9.17, 15) is 0 Å². The Hall–Kier alpha value is -1.04. The molecule has 2 radical (unpaired) electrons. The Morgan fingerprint density at radius 3 is 2.40 bits per heavy atom. The van der Waals surface area contributed by atoms with Crippen LogP contribution < -0.4 is 0 Å². The van der Waals surface area contributed by atoms with E-state index in [4.69, 9.17) is 6.58 Å². The van der Waals surface area contributed by atoms with Gasteiger partial charge in [0.2, 0.25) is 0 Å². The standard InChI is InChI=1S/C10H10/c1-3-9(2)10-7-5-4-6-8-10/h1,3-9H,2H2. The third-order valence-corrected chi connectivity index (χ3v) is 1.46. The Bertz CT molecular complexity index is 199. The zero-order valence-electron chi connectivity index (χ0n) is 5.83. The predicted octanol–water partition coefficient (Wildman–Crippen LogP) is 2.59. The van der Waals surface area contributed by atoms with Crippen LogP contribution in [0.15, 0.2) is 36.4 Å². The van der Waals surface area contributed by atoms with Crippen LogP contribution in [-0.2, 0) is 0 Å². The van der Waals surface area contributed by atoms with Crippen LogP contribution in [-0.4, -0.2) is 0 Å². The monoisotopic (exact) mass is 130 g/mol. The molecule has 0 spiro atoms. The van der Waals surface area contributed by atoms with E-state index < -0.39 is 0 Å². The normalized spacial score (nSPS) is 12.5. The highest BCUT2D eigenvalue weighted by molar-refractivity contribution is 5.23. The summed E-state index contributed by atoms with van der Waals surface area (Å²) in [6.45, 7) is 9.16. The minimum Gasteiger partial charge on any atom is -0.0770 e. The maximum absolute atomic E-state index is 5.32. The Balaban J connectivity index is 2.84. The largest absolute Gasteiger partial charge is 0.0770 e. The third-order valence-electron chi connectivity index (χ3n) is 1.46. The Morgan fingerprint density at radius 2 is 1.90 bits per heavy atom. The Kier molecular flexibility index (Phi) is 2.27. The van der Waals surface area contributed by atoms with Gasteiger partial charge in [-0.1, -0.05) is 43.0 Å². The van der Waals surface area contributed by atoms with Gasteiger partial charge in [0, 0.05) is 5.92 Å². The van der Waals surface area contributed by atoms with Gasteiger partial charge in [0.05, 0.1) is 0 Å². The molecule has 0 amide bonds. The van der Waals surface area contributed by atoms with E-state index in [2.05, 4.69) is 6.92 Å². The molecule has 0 heteroatoms. The molecule has 0 aliphatic carbocycles. The molecule has 0 N–H and O–H groups in total. The number of hydrogen-bond acceptors (Lipinski definition) is 0. The van der Waals surface area contributed by atoms with Crippen LogP contribution in [0.3, 0.4) is 0 Å². The summed E-state index contributed by atoms with van der Waals surface area (Å²) < 4.78 is 0. The molecule has 1 rings (SSSR count). The zero-order chi connectivity index (χ0) is 7.40. The fourth-order valence-electron chi connectivity index (χ4n) is 0.811. The molecule has 0 heterocycles. The van der Waals surface area contributed by atoms with E-state index in [0.29, 0.717) is 0 Å². The van der Waals surface area contributed by atoms with Crippen LogP contribution in [0.25, 0.3) is 0 Å². The van der Waals surface area contributed by atoms with Gasteiger partial charge >= 0.3 is 0 Å². The van der Waals surface area contributed by atoms with Crippen molar-refractivity contribution in [3.8, 4) is 0 Å². The molecular formula is C10H10. The van der Waals surface area contributed by atoms with E-state index >= 15 is 0 Å². The first-order valence-corrected chi connectivity index (χ1v) is 3.27. The van der Waals surface area contributed by atoms with Crippen molar-refractivity contribution in [3.63, 3.8) is 0 Å². The van der Waals surface area contributed by atoms with Crippen LogP contribution in [0.5, 0.6) is 0 Å². The van der Waals surface area contributed by atoms with Crippen molar-refractivity contribution in [2.24, 2.45) is 0 Å². The van der Waals surface area contributed by atoms with Gasteiger partial charge in [-0.2, -0.15) is 0 Å². The molecular weight excluding hydrogens is 120 g/mol. The molecule has 0 aliphatic heterocycles. The van der Waals surface area contributed by atoms with Gasteiger partial charge in [-0.15, -0.1) is 0 Å². The second kappa shape index (κ2) is 3.21. The Labute approximate surface area is 62.2 Å². The van der Waals surface area contributed by atoms with Crippen molar-refractivity contribution in [1.82, 2.24) is 0 Å². The molecule has 0 aliphatic rings. The molecule has 1 aromatic carbocycles. The lowest BCUT2D eigenvalue weighted by molar-refractivity contribution is 1.08. The molecule has 0 nitrogen and oxygen atoms in total. The van der Waals surface area contributed by atoms with Crippen molar-refractivity contribution in [2.45, 2.75) is 5.92 Å². The first-order chi connectivity index (χ1) is 4.84. The number of hydrogen-bond donors (Lipinski definition) is 0. The first-order valence-electron chi connectivity index (χ1n) is 3.27. The zero-order valence-corrected chi connectivity index (χ0v) is 5.83. The van der Waals surface area contributed by atoms with Crippen molar-refractivity contribution in [2.75, 3.05) is 0 Å². The average Bonchev–Trinajstić information content (AvgIpc) is 2.05. The molecule has 0 saturated heterocycles. The van der Waals surface area contributed by atoms with E-state index in [-0.39, 0.29) is 5.92 Å². The lowest BCUT2D eigenvalue weighted by atomic mass is 10.0. The smallest absolute Gasteiger partial charge is 0.00214 e. The summed E-state index contributed by atoms with van der Waals surface area (Å²) in [6, 6.07) is 9.98. The minimum absolute atomic E-state index is 0.112. The quantitative estimate of drug-likeness (QED) is 0.577. The van der Waals surface area contributed by atoms with Gasteiger partial charge in [0.1, 0.15) is 0 Å². The lowest BCUT2D eigenvalue weighted by Gasteiger charge is -2.03. The van der Waals surface area contributed by atoms with Gasteiger partial charge in [0.25, 0.3) is 0 Å². The minimum atomic E-state index is 0.112. The molecule has 0 bridgehead atoms. The van der Waals surface area contributed by atoms with Gasteiger partial charge in [-0.25, -0.2) is 0 Å². The van der Waals surface area contributed by atoms with Crippen molar-refractivity contribution in [3.05, 3.63) is 55.5 Å². The van der Waals surface area contributed by atoms with Gasteiger partial charge < -0.3 is 0 Å².